The highest BCUT2D eigenvalue weighted by molar-refractivity contribution is 6.23. The number of amides is 3. The summed E-state index contributed by atoms with van der Waals surface area (Å²) in [5.74, 6) is -1.02. The highest BCUT2D eigenvalue weighted by Gasteiger charge is 2.44. The highest BCUT2D eigenvalue weighted by Crippen LogP contribution is 2.31. The van der Waals surface area contributed by atoms with E-state index < -0.39 is 17.9 Å². The molecule has 1 atom stereocenters. The predicted molar refractivity (Wildman–Crippen MR) is 118 cm³/mol. The first kappa shape index (κ1) is 19.2. The quantitative estimate of drug-likeness (QED) is 0.614. The second-order valence-electron chi connectivity index (χ2n) is 7.95. The minimum atomic E-state index is -0.902. The van der Waals surface area contributed by atoms with E-state index in [-0.39, 0.29) is 12.3 Å². The van der Waals surface area contributed by atoms with E-state index in [4.69, 9.17) is 0 Å². The molecule has 5 heteroatoms. The molecule has 2 aliphatic rings. The monoisotopic (exact) mass is 410 g/mol. The van der Waals surface area contributed by atoms with Crippen molar-refractivity contribution in [1.82, 2.24) is 4.90 Å². The standard InChI is InChI=1S/C26H22N2O3/c29-24-20-13-5-6-14-21(20)25(30)28(24)23(17-18-9-2-1-3-10-18)26(31)27-16-8-12-19-11-4-7-15-22(19)27/h1-7,9-11,13-15,23H,8,12,16-17H2/t23-/m1/s1. The number of fused-ring (bicyclic) bond motifs is 2. The van der Waals surface area contributed by atoms with Crippen LogP contribution in [-0.4, -0.2) is 35.2 Å². The minimum absolute atomic E-state index is 0.217. The maximum atomic E-state index is 13.9. The van der Waals surface area contributed by atoms with Gasteiger partial charge in [0.1, 0.15) is 6.04 Å². The van der Waals surface area contributed by atoms with Crippen LogP contribution < -0.4 is 4.90 Å². The first-order valence-electron chi connectivity index (χ1n) is 10.6. The van der Waals surface area contributed by atoms with E-state index in [0.29, 0.717) is 17.7 Å². The van der Waals surface area contributed by atoms with Crippen LogP contribution in [0, 0.1) is 0 Å². The Hall–Kier alpha value is -3.73. The van der Waals surface area contributed by atoms with Gasteiger partial charge in [-0.05, 0) is 42.2 Å². The summed E-state index contributed by atoms with van der Waals surface area (Å²) in [7, 11) is 0. The molecular weight excluding hydrogens is 388 g/mol. The van der Waals surface area contributed by atoms with Gasteiger partial charge in [0.15, 0.2) is 0 Å². The Morgan fingerprint density at radius 2 is 1.42 bits per heavy atom. The number of hydrogen-bond acceptors (Lipinski definition) is 3. The third kappa shape index (κ3) is 3.32. The van der Waals surface area contributed by atoms with Crippen molar-refractivity contribution in [2.75, 3.05) is 11.4 Å². The molecule has 3 amide bonds. The van der Waals surface area contributed by atoms with Crippen LogP contribution in [0.2, 0.25) is 0 Å². The Morgan fingerprint density at radius 3 is 2.13 bits per heavy atom. The van der Waals surface area contributed by atoms with Gasteiger partial charge >= 0.3 is 0 Å². The van der Waals surface area contributed by atoms with Gasteiger partial charge < -0.3 is 4.90 Å². The molecule has 0 radical (unpaired) electrons. The molecule has 0 spiro atoms. The molecule has 0 fully saturated rings. The molecule has 0 saturated heterocycles. The van der Waals surface area contributed by atoms with E-state index in [1.165, 1.54) is 0 Å². The molecule has 31 heavy (non-hydrogen) atoms. The van der Waals surface area contributed by atoms with E-state index in [2.05, 4.69) is 0 Å². The van der Waals surface area contributed by atoms with Crippen molar-refractivity contribution in [3.63, 3.8) is 0 Å². The zero-order chi connectivity index (χ0) is 21.4. The average molecular weight is 410 g/mol. The maximum absolute atomic E-state index is 13.9. The average Bonchev–Trinajstić information content (AvgIpc) is 3.07. The molecule has 2 aliphatic heterocycles. The van der Waals surface area contributed by atoms with Crippen LogP contribution in [0.25, 0.3) is 0 Å². The van der Waals surface area contributed by atoms with Gasteiger partial charge in [-0.1, -0.05) is 60.7 Å². The van der Waals surface area contributed by atoms with Crippen molar-refractivity contribution in [3.8, 4) is 0 Å². The lowest BCUT2D eigenvalue weighted by Gasteiger charge is -2.35. The normalized spacial score (nSPS) is 16.1. The van der Waals surface area contributed by atoms with Crippen LogP contribution in [-0.2, 0) is 17.6 Å². The number of imide groups is 1. The lowest BCUT2D eigenvalue weighted by molar-refractivity contribution is -0.122. The Morgan fingerprint density at radius 1 is 0.806 bits per heavy atom. The van der Waals surface area contributed by atoms with E-state index in [1.807, 2.05) is 54.6 Å². The second-order valence-corrected chi connectivity index (χ2v) is 7.95. The van der Waals surface area contributed by atoms with Crippen molar-refractivity contribution in [2.45, 2.75) is 25.3 Å². The van der Waals surface area contributed by atoms with Gasteiger partial charge in [-0.25, -0.2) is 0 Å². The Balaban J connectivity index is 1.55. The third-order valence-corrected chi connectivity index (χ3v) is 6.07. The van der Waals surface area contributed by atoms with Gasteiger partial charge in [-0.3, -0.25) is 19.3 Å². The van der Waals surface area contributed by atoms with Crippen LogP contribution in [0.1, 0.15) is 38.3 Å². The van der Waals surface area contributed by atoms with Gasteiger partial charge in [-0.2, -0.15) is 0 Å². The Bertz CT molecular complexity index is 1140. The summed E-state index contributed by atoms with van der Waals surface area (Å²) in [6.07, 6.45) is 2.04. The van der Waals surface area contributed by atoms with Crippen LogP contribution in [0.3, 0.4) is 0 Å². The molecule has 3 aromatic carbocycles. The van der Waals surface area contributed by atoms with E-state index in [9.17, 15) is 14.4 Å². The molecule has 5 nitrogen and oxygen atoms in total. The van der Waals surface area contributed by atoms with Gasteiger partial charge in [0, 0.05) is 18.7 Å². The molecular formula is C26H22N2O3. The lowest BCUT2D eigenvalue weighted by atomic mass is 9.98. The number of nitrogens with zero attached hydrogens (tertiary/aromatic N) is 2. The SMILES string of the molecule is O=C([C@@H](Cc1ccccc1)N1C(=O)c2ccccc2C1=O)N1CCCc2ccccc21. The van der Waals surface area contributed by atoms with Crippen molar-refractivity contribution >= 4 is 23.4 Å². The zero-order valence-corrected chi connectivity index (χ0v) is 17.0. The summed E-state index contributed by atoms with van der Waals surface area (Å²) in [6, 6.07) is 23.3. The van der Waals surface area contributed by atoms with Gasteiger partial charge in [0.2, 0.25) is 0 Å². The lowest BCUT2D eigenvalue weighted by Crippen LogP contribution is -2.53. The molecule has 0 unspecified atom stereocenters. The minimum Gasteiger partial charge on any atom is -0.310 e. The summed E-state index contributed by atoms with van der Waals surface area (Å²) < 4.78 is 0. The fourth-order valence-corrected chi connectivity index (χ4v) is 4.56. The predicted octanol–water partition coefficient (Wildman–Crippen LogP) is 3.87. The molecule has 0 aliphatic carbocycles. The maximum Gasteiger partial charge on any atom is 0.262 e. The van der Waals surface area contributed by atoms with E-state index in [0.717, 1.165) is 34.6 Å². The highest BCUT2D eigenvalue weighted by atomic mass is 16.2. The Labute approximate surface area is 180 Å². The molecule has 0 bridgehead atoms. The summed E-state index contributed by atoms with van der Waals surface area (Å²) >= 11 is 0. The number of rotatable bonds is 4. The first-order valence-corrected chi connectivity index (χ1v) is 10.6. The third-order valence-electron chi connectivity index (χ3n) is 6.07. The molecule has 3 aromatic rings. The number of hydrogen-bond donors (Lipinski definition) is 0. The Kier molecular flexibility index (Phi) is 4.86. The number of para-hydroxylation sites is 1. The van der Waals surface area contributed by atoms with Crippen LogP contribution in [0.5, 0.6) is 0 Å². The van der Waals surface area contributed by atoms with E-state index in [1.54, 1.807) is 29.2 Å². The van der Waals surface area contributed by atoms with Crippen molar-refractivity contribution in [2.24, 2.45) is 0 Å². The van der Waals surface area contributed by atoms with Crippen molar-refractivity contribution in [1.29, 1.82) is 0 Å². The van der Waals surface area contributed by atoms with Crippen LogP contribution in [0.15, 0.2) is 78.9 Å². The van der Waals surface area contributed by atoms with Crippen LogP contribution in [0.4, 0.5) is 5.69 Å². The molecule has 5 rings (SSSR count). The number of aryl methyl sites for hydroxylation is 1. The number of carbonyl (C=O) groups excluding carboxylic acids is 3. The number of carbonyl (C=O) groups is 3. The molecule has 2 heterocycles. The molecule has 0 N–H and O–H groups in total. The fraction of sp³-hybridized carbons (Fsp3) is 0.192. The summed E-state index contributed by atoms with van der Waals surface area (Å²) in [4.78, 5) is 43.2. The van der Waals surface area contributed by atoms with E-state index >= 15 is 0 Å². The largest absolute Gasteiger partial charge is 0.310 e. The van der Waals surface area contributed by atoms with Crippen molar-refractivity contribution < 1.29 is 14.4 Å². The topological polar surface area (TPSA) is 57.7 Å². The number of anilines is 1. The smallest absolute Gasteiger partial charge is 0.262 e. The molecule has 154 valence electrons. The van der Waals surface area contributed by atoms with Crippen LogP contribution >= 0.6 is 0 Å². The number of benzene rings is 3. The van der Waals surface area contributed by atoms with Gasteiger partial charge in [0.05, 0.1) is 11.1 Å². The van der Waals surface area contributed by atoms with Gasteiger partial charge in [0.25, 0.3) is 17.7 Å². The summed E-state index contributed by atoms with van der Waals surface area (Å²) in [5, 5.41) is 0. The van der Waals surface area contributed by atoms with Crippen molar-refractivity contribution in [3.05, 3.63) is 101 Å². The first-order chi connectivity index (χ1) is 15.1. The van der Waals surface area contributed by atoms with Gasteiger partial charge in [-0.15, -0.1) is 0 Å². The summed E-state index contributed by atoms with van der Waals surface area (Å²) in [5.41, 5.74) is 3.61. The fourth-order valence-electron chi connectivity index (χ4n) is 4.56. The summed E-state index contributed by atoms with van der Waals surface area (Å²) in [6.45, 7) is 0.574. The molecule has 0 aromatic heterocycles. The zero-order valence-electron chi connectivity index (χ0n) is 17.0. The second kappa shape index (κ2) is 7.84. The molecule has 0 saturated carbocycles.